The molecule has 4 heteroatoms. The Hall–Kier alpha value is -1.23. The molecule has 2 heterocycles. The fourth-order valence-corrected chi connectivity index (χ4v) is 3.58. The second kappa shape index (κ2) is 4.22. The number of hydrogen-bond acceptors (Lipinski definition) is 3. The predicted octanol–water partition coefficient (Wildman–Crippen LogP) is 4.15. The van der Waals surface area contributed by atoms with E-state index in [9.17, 15) is 4.39 Å². The van der Waals surface area contributed by atoms with Crippen LogP contribution in [0, 0.1) is 5.82 Å². The Morgan fingerprint density at radius 3 is 2.82 bits per heavy atom. The molecule has 0 aliphatic heterocycles. The molecule has 0 aliphatic carbocycles. The summed E-state index contributed by atoms with van der Waals surface area (Å²) in [6, 6.07) is 8.74. The van der Waals surface area contributed by atoms with E-state index < -0.39 is 0 Å². The molecule has 17 heavy (non-hydrogen) atoms. The van der Waals surface area contributed by atoms with Gasteiger partial charge in [-0.2, -0.15) is 11.3 Å². The van der Waals surface area contributed by atoms with Crippen molar-refractivity contribution in [2.45, 2.75) is 6.04 Å². The number of halogens is 1. The number of nitrogens with two attached hydrogens (primary N) is 1. The van der Waals surface area contributed by atoms with E-state index in [4.69, 9.17) is 5.73 Å². The second-order valence-electron chi connectivity index (χ2n) is 3.87. The van der Waals surface area contributed by atoms with Gasteiger partial charge in [0.25, 0.3) is 0 Å². The summed E-state index contributed by atoms with van der Waals surface area (Å²) in [6.07, 6.45) is 0. The average Bonchev–Trinajstić information content (AvgIpc) is 2.96. The standard InChI is InChI=1S/C13H10FNS2/c14-10-1-2-11-9(5-10)6-12(17-11)13(15)8-3-4-16-7-8/h1-7,13H,15H2. The normalized spacial score (nSPS) is 13.1. The molecule has 1 nitrogen and oxygen atoms in total. The van der Waals surface area contributed by atoms with E-state index in [1.54, 1.807) is 34.8 Å². The van der Waals surface area contributed by atoms with Gasteiger partial charge in [-0.1, -0.05) is 0 Å². The smallest absolute Gasteiger partial charge is 0.123 e. The first kappa shape index (κ1) is 10.9. The molecule has 1 aromatic carbocycles. The van der Waals surface area contributed by atoms with Crippen LogP contribution in [0.5, 0.6) is 0 Å². The van der Waals surface area contributed by atoms with Gasteiger partial charge < -0.3 is 5.73 Å². The zero-order chi connectivity index (χ0) is 11.8. The van der Waals surface area contributed by atoms with E-state index in [1.165, 1.54) is 6.07 Å². The lowest BCUT2D eigenvalue weighted by atomic mass is 10.1. The van der Waals surface area contributed by atoms with E-state index in [-0.39, 0.29) is 11.9 Å². The van der Waals surface area contributed by atoms with Gasteiger partial charge in [-0.05, 0) is 52.0 Å². The molecule has 0 bridgehead atoms. The van der Waals surface area contributed by atoms with Gasteiger partial charge in [-0.15, -0.1) is 11.3 Å². The molecule has 3 rings (SSSR count). The van der Waals surface area contributed by atoms with Crippen molar-refractivity contribution in [3.63, 3.8) is 0 Å². The number of benzene rings is 1. The molecule has 86 valence electrons. The molecule has 2 aromatic heterocycles. The minimum Gasteiger partial charge on any atom is -0.320 e. The Balaban J connectivity index is 2.06. The third-order valence-electron chi connectivity index (χ3n) is 2.71. The summed E-state index contributed by atoms with van der Waals surface area (Å²) in [5.74, 6) is -0.203. The Morgan fingerprint density at radius 1 is 1.18 bits per heavy atom. The van der Waals surface area contributed by atoms with Crippen molar-refractivity contribution in [3.05, 3.63) is 57.3 Å². The van der Waals surface area contributed by atoms with E-state index in [0.29, 0.717) is 0 Å². The first-order valence-corrected chi connectivity index (χ1v) is 6.96. The summed E-state index contributed by atoms with van der Waals surface area (Å²) in [6.45, 7) is 0. The Kier molecular flexibility index (Phi) is 2.70. The van der Waals surface area contributed by atoms with Crippen LogP contribution in [-0.4, -0.2) is 0 Å². The lowest BCUT2D eigenvalue weighted by Gasteiger charge is -2.05. The molecule has 0 fully saturated rings. The molecule has 2 N–H and O–H groups in total. The minimum atomic E-state index is -0.203. The van der Waals surface area contributed by atoms with Gasteiger partial charge in [0, 0.05) is 9.58 Å². The fraction of sp³-hybridized carbons (Fsp3) is 0.0769. The van der Waals surface area contributed by atoms with Crippen molar-refractivity contribution in [1.82, 2.24) is 0 Å². The summed E-state index contributed by atoms with van der Waals surface area (Å²) in [5, 5.41) is 4.99. The average molecular weight is 263 g/mol. The molecule has 0 aliphatic rings. The number of thiophene rings is 2. The van der Waals surface area contributed by atoms with Gasteiger partial charge in [0.15, 0.2) is 0 Å². The lowest BCUT2D eigenvalue weighted by molar-refractivity contribution is 0.630. The quantitative estimate of drug-likeness (QED) is 0.738. The van der Waals surface area contributed by atoms with Crippen LogP contribution in [-0.2, 0) is 0 Å². The van der Waals surface area contributed by atoms with Crippen LogP contribution in [0.1, 0.15) is 16.5 Å². The Labute approximate surface area is 106 Å². The molecular weight excluding hydrogens is 253 g/mol. The third-order valence-corrected chi connectivity index (χ3v) is 4.61. The monoisotopic (exact) mass is 263 g/mol. The summed E-state index contributed by atoms with van der Waals surface area (Å²) >= 11 is 3.26. The number of hydrogen-bond donors (Lipinski definition) is 1. The molecule has 0 saturated heterocycles. The third kappa shape index (κ3) is 1.99. The highest BCUT2D eigenvalue weighted by molar-refractivity contribution is 7.19. The molecule has 0 amide bonds. The topological polar surface area (TPSA) is 26.0 Å². The summed E-state index contributed by atoms with van der Waals surface area (Å²) < 4.78 is 14.2. The van der Waals surface area contributed by atoms with E-state index in [1.807, 2.05) is 17.5 Å². The lowest BCUT2D eigenvalue weighted by Crippen LogP contribution is -2.08. The number of rotatable bonds is 2. The molecular formula is C13H10FNS2. The van der Waals surface area contributed by atoms with Crippen LogP contribution in [0.25, 0.3) is 10.1 Å². The van der Waals surface area contributed by atoms with Crippen molar-refractivity contribution in [3.8, 4) is 0 Å². The maximum Gasteiger partial charge on any atom is 0.123 e. The zero-order valence-corrected chi connectivity index (χ0v) is 10.5. The van der Waals surface area contributed by atoms with Gasteiger partial charge in [0.2, 0.25) is 0 Å². The molecule has 0 saturated carbocycles. The van der Waals surface area contributed by atoms with Crippen molar-refractivity contribution in [1.29, 1.82) is 0 Å². The Bertz CT molecular complexity index is 643. The van der Waals surface area contributed by atoms with Gasteiger partial charge in [0.05, 0.1) is 6.04 Å². The summed E-state index contributed by atoms with van der Waals surface area (Å²) in [7, 11) is 0. The van der Waals surface area contributed by atoms with Crippen LogP contribution in [0.15, 0.2) is 41.1 Å². The van der Waals surface area contributed by atoms with E-state index in [0.717, 1.165) is 20.5 Å². The van der Waals surface area contributed by atoms with Gasteiger partial charge in [-0.3, -0.25) is 0 Å². The van der Waals surface area contributed by atoms with Crippen molar-refractivity contribution < 1.29 is 4.39 Å². The van der Waals surface area contributed by atoms with Crippen LogP contribution >= 0.6 is 22.7 Å². The van der Waals surface area contributed by atoms with Crippen molar-refractivity contribution >= 4 is 32.8 Å². The summed E-state index contributed by atoms with van der Waals surface area (Å²) in [4.78, 5) is 1.07. The van der Waals surface area contributed by atoms with Crippen molar-refractivity contribution in [2.24, 2.45) is 5.73 Å². The largest absolute Gasteiger partial charge is 0.320 e. The van der Waals surface area contributed by atoms with Crippen LogP contribution in [0.2, 0.25) is 0 Å². The van der Waals surface area contributed by atoms with Gasteiger partial charge >= 0.3 is 0 Å². The highest BCUT2D eigenvalue weighted by Gasteiger charge is 2.12. The van der Waals surface area contributed by atoms with E-state index >= 15 is 0 Å². The molecule has 1 unspecified atom stereocenters. The fourth-order valence-electron chi connectivity index (χ4n) is 1.80. The first-order chi connectivity index (χ1) is 8.24. The zero-order valence-electron chi connectivity index (χ0n) is 8.89. The highest BCUT2D eigenvalue weighted by Crippen LogP contribution is 2.32. The SMILES string of the molecule is NC(c1ccsc1)c1cc2cc(F)ccc2s1. The highest BCUT2D eigenvalue weighted by atomic mass is 32.1. The maximum absolute atomic E-state index is 13.1. The second-order valence-corrected chi connectivity index (χ2v) is 5.76. The molecule has 0 radical (unpaired) electrons. The van der Waals surface area contributed by atoms with Crippen molar-refractivity contribution in [2.75, 3.05) is 0 Å². The van der Waals surface area contributed by atoms with Gasteiger partial charge in [-0.25, -0.2) is 4.39 Å². The van der Waals surface area contributed by atoms with E-state index in [2.05, 4.69) is 5.38 Å². The van der Waals surface area contributed by atoms with Crippen LogP contribution in [0.3, 0.4) is 0 Å². The van der Waals surface area contributed by atoms with Crippen LogP contribution < -0.4 is 5.73 Å². The minimum absolute atomic E-state index is 0.110. The molecule has 0 spiro atoms. The predicted molar refractivity (Wildman–Crippen MR) is 72.1 cm³/mol. The molecule has 3 aromatic rings. The van der Waals surface area contributed by atoms with Gasteiger partial charge in [0.1, 0.15) is 5.82 Å². The number of fused-ring (bicyclic) bond motifs is 1. The summed E-state index contributed by atoms with van der Waals surface area (Å²) in [5.41, 5.74) is 7.30. The van der Waals surface area contributed by atoms with Crippen LogP contribution in [0.4, 0.5) is 4.39 Å². The Morgan fingerprint density at radius 2 is 2.06 bits per heavy atom. The first-order valence-electron chi connectivity index (χ1n) is 5.21. The maximum atomic E-state index is 13.1. The molecule has 1 atom stereocenters.